The molecule has 16 heavy (non-hydrogen) atoms. The Morgan fingerprint density at radius 3 is 2.81 bits per heavy atom. The van der Waals surface area contributed by atoms with Gasteiger partial charge in [-0.15, -0.1) is 0 Å². The lowest BCUT2D eigenvalue weighted by molar-refractivity contribution is 0.396. The zero-order chi connectivity index (χ0) is 12.0. The van der Waals surface area contributed by atoms with Gasteiger partial charge in [0.15, 0.2) is 0 Å². The molecule has 0 atom stereocenters. The molecule has 0 unspecified atom stereocenters. The second-order valence-electron chi connectivity index (χ2n) is 4.03. The van der Waals surface area contributed by atoms with Crippen molar-refractivity contribution in [3.8, 4) is 0 Å². The van der Waals surface area contributed by atoms with Crippen molar-refractivity contribution in [3.05, 3.63) is 16.7 Å². The predicted octanol–water partition coefficient (Wildman–Crippen LogP) is 2.18. The molecule has 0 aliphatic rings. The summed E-state index contributed by atoms with van der Waals surface area (Å²) in [5.41, 5.74) is 6.50. The van der Waals surface area contributed by atoms with Gasteiger partial charge in [-0.3, -0.25) is 0 Å². The minimum absolute atomic E-state index is 0.682. The summed E-state index contributed by atoms with van der Waals surface area (Å²) in [6, 6.07) is 1.86. The highest BCUT2D eigenvalue weighted by Crippen LogP contribution is 2.19. The number of aromatic nitrogens is 1. The van der Waals surface area contributed by atoms with Gasteiger partial charge in [-0.05, 0) is 55.5 Å². The van der Waals surface area contributed by atoms with Gasteiger partial charge in [0.1, 0.15) is 5.82 Å². The molecule has 0 aliphatic carbocycles. The SMILES string of the molecule is CN(C)CCCCNc1ncc(Br)cc1N. The first kappa shape index (κ1) is 13.3. The van der Waals surface area contributed by atoms with Crippen LogP contribution in [0.1, 0.15) is 12.8 Å². The third kappa shape index (κ3) is 4.81. The van der Waals surface area contributed by atoms with Crippen LogP contribution in [0, 0.1) is 0 Å². The number of rotatable bonds is 6. The zero-order valence-electron chi connectivity index (χ0n) is 9.83. The molecule has 1 rings (SSSR count). The van der Waals surface area contributed by atoms with E-state index in [1.807, 2.05) is 6.07 Å². The summed E-state index contributed by atoms with van der Waals surface area (Å²) < 4.78 is 0.906. The minimum Gasteiger partial charge on any atom is -0.396 e. The van der Waals surface area contributed by atoms with Gasteiger partial charge in [0.25, 0.3) is 0 Å². The van der Waals surface area contributed by atoms with Crippen molar-refractivity contribution in [3.63, 3.8) is 0 Å². The normalized spacial score (nSPS) is 10.8. The van der Waals surface area contributed by atoms with Crippen molar-refractivity contribution in [1.29, 1.82) is 0 Å². The van der Waals surface area contributed by atoms with E-state index in [1.54, 1.807) is 6.20 Å². The zero-order valence-corrected chi connectivity index (χ0v) is 11.4. The lowest BCUT2D eigenvalue weighted by Gasteiger charge is -2.10. The Morgan fingerprint density at radius 1 is 1.44 bits per heavy atom. The summed E-state index contributed by atoms with van der Waals surface area (Å²) in [6.07, 6.45) is 4.05. The van der Waals surface area contributed by atoms with Crippen LogP contribution in [0.5, 0.6) is 0 Å². The fraction of sp³-hybridized carbons (Fsp3) is 0.545. The van der Waals surface area contributed by atoms with Crippen LogP contribution in [0.3, 0.4) is 0 Å². The second-order valence-corrected chi connectivity index (χ2v) is 4.94. The summed E-state index contributed by atoms with van der Waals surface area (Å²) in [4.78, 5) is 6.40. The Kier molecular flexibility index (Phi) is 5.55. The molecule has 0 aliphatic heterocycles. The number of nitrogens with two attached hydrogens (primary N) is 1. The molecule has 0 saturated carbocycles. The van der Waals surface area contributed by atoms with Crippen LogP contribution in [0.15, 0.2) is 16.7 Å². The number of anilines is 2. The van der Waals surface area contributed by atoms with Gasteiger partial charge in [-0.25, -0.2) is 4.98 Å². The van der Waals surface area contributed by atoms with Crippen LogP contribution in [-0.4, -0.2) is 37.1 Å². The maximum atomic E-state index is 5.82. The molecule has 0 saturated heterocycles. The van der Waals surface area contributed by atoms with E-state index in [0.29, 0.717) is 5.69 Å². The lowest BCUT2D eigenvalue weighted by Crippen LogP contribution is -2.14. The first-order valence-corrected chi connectivity index (χ1v) is 6.18. The molecule has 0 aromatic carbocycles. The average Bonchev–Trinajstić information content (AvgIpc) is 2.20. The van der Waals surface area contributed by atoms with Gasteiger partial charge in [-0.1, -0.05) is 0 Å². The number of unbranched alkanes of at least 4 members (excludes halogenated alkanes) is 1. The minimum atomic E-state index is 0.682. The molecule has 0 amide bonds. The Hall–Kier alpha value is -0.810. The largest absolute Gasteiger partial charge is 0.396 e. The fourth-order valence-corrected chi connectivity index (χ4v) is 1.71. The number of pyridine rings is 1. The molecule has 5 heteroatoms. The summed E-state index contributed by atoms with van der Waals surface area (Å²) in [6.45, 7) is 2.03. The fourth-order valence-electron chi connectivity index (χ4n) is 1.36. The second kappa shape index (κ2) is 6.70. The van der Waals surface area contributed by atoms with Crippen LogP contribution >= 0.6 is 15.9 Å². The Bertz CT molecular complexity index is 328. The van der Waals surface area contributed by atoms with Crippen LogP contribution in [0.2, 0.25) is 0 Å². The van der Waals surface area contributed by atoms with Crippen molar-refractivity contribution in [2.45, 2.75) is 12.8 Å². The van der Waals surface area contributed by atoms with E-state index in [2.05, 4.69) is 45.2 Å². The third-order valence-corrected chi connectivity index (χ3v) is 2.64. The molecule has 1 aromatic rings. The van der Waals surface area contributed by atoms with Crippen molar-refractivity contribution >= 4 is 27.4 Å². The predicted molar refractivity (Wildman–Crippen MR) is 72.6 cm³/mol. The molecule has 0 fully saturated rings. The molecule has 0 spiro atoms. The van der Waals surface area contributed by atoms with E-state index >= 15 is 0 Å². The van der Waals surface area contributed by atoms with Crippen LogP contribution in [0.4, 0.5) is 11.5 Å². The molecule has 0 radical (unpaired) electrons. The van der Waals surface area contributed by atoms with E-state index in [0.717, 1.165) is 29.8 Å². The van der Waals surface area contributed by atoms with Gasteiger partial charge in [0.2, 0.25) is 0 Å². The third-order valence-electron chi connectivity index (χ3n) is 2.21. The Morgan fingerprint density at radius 2 is 2.19 bits per heavy atom. The first-order chi connectivity index (χ1) is 7.59. The molecule has 1 heterocycles. The van der Waals surface area contributed by atoms with E-state index in [9.17, 15) is 0 Å². The number of hydrogen-bond donors (Lipinski definition) is 2. The van der Waals surface area contributed by atoms with Crippen molar-refractivity contribution in [2.75, 3.05) is 38.2 Å². The average molecular weight is 287 g/mol. The van der Waals surface area contributed by atoms with Gasteiger partial charge >= 0.3 is 0 Å². The van der Waals surface area contributed by atoms with E-state index in [1.165, 1.54) is 6.42 Å². The lowest BCUT2D eigenvalue weighted by atomic mass is 10.3. The van der Waals surface area contributed by atoms with Gasteiger partial charge < -0.3 is 16.0 Å². The topological polar surface area (TPSA) is 54.2 Å². The standard InChI is InChI=1S/C11H19BrN4/c1-16(2)6-4-3-5-14-11-10(13)7-9(12)8-15-11/h7-8H,3-6,13H2,1-2H3,(H,14,15). The van der Waals surface area contributed by atoms with Crippen LogP contribution in [0.25, 0.3) is 0 Å². The Labute approximate surface area is 105 Å². The molecule has 1 aromatic heterocycles. The first-order valence-electron chi connectivity index (χ1n) is 5.39. The van der Waals surface area contributed by atoms with Crippen molar-refractivity contribution in [2.24, 2.45) is 0 Å². The van der Waals surface area contributed by atoms with Gasteiger partial charge in [-0.2, -0.15) is 0 Å². The molecule has 3 N–H and O–H groups in total. The van der Waals surface area contributed by atoms with Crippen LogP contribution < -0.4 is 11.1 Å². The summed E-state index contributed by atoms with van der Waals surface area (Å²) >= 11 is 3.33. The Balaban J connectivity index is 2.27. The number of nitrogens with zero attached hydrogens (tertiary/aromatic N) is 2. The highest BCUT2D eigenvalue weighted by atomic mass is 79.9. The van der Waals surface area contributed by atoms with E-state index < -0.39 is 0 Å². The van der Waals surface area contributed by atoms with Crippen molar-refractivity contribution < 1.29 is 0 Å². The molecular weight excluding hydrogens is 268 g/mol. The van der Waals surface area contributed by atoms with Crippen LogP contribution in [-0.2, 0) is 0 Å². The van der Waals surface area contributed by atoms with E-state index in [4.69, 9.17) is 5.73 Å². The number of halogens is 1. The highest BCUT2D eigenvalue weighted by Gasteiger charge is 2.00. The summed E-state index contributed by atoms with van der Waals surface area (Å²) in [5, 5.41) is 3.24. The number of nitrogen functional groups attached to an aromatic ring is 1. The molecule has 0 bridgehead atoms. The quantitative estimate of drug-likeness (QED) is 0.787. The molecular formula is C11H19BrN4. The maximum Gasteiger partial charge on any atom is 0.149 e. The molecule has 90 valence electrons. The summed E-state index contributed by atoms with van der Waals surface area (Å²) in [5.74, 6) is 0.771. The van der Waals surface area contributed by atoms with Gasteiger partial charge in [0.05, 0.1) is 5.69 Å². The maximum absolute atomic E-state index is 5.82. The monoisotopic (exact) mass is 286 g/mol. The van der Waals surface area contributed by atoms with Gasteiger partial charge in [0, 0.05) is 17.2 Å². The summed E-state index contributed by atoms with van der Waals surface area (Å²) in [7, 11) is 4.17. The number of hydrogen-bond acceptors (Lipinski definition) is 4. The van der Waals surface area contributed by atoms with Crippen molar-refractivity contribution in [1.82, 2.24) is 9.88 Å². The highest BCUT2D eigenvalue weighted by molar-refractivity contribution is 9.10. The smallest absolute Gasteiger partial charge is 0.149 e. The number of nitrogens with one attached hydrogen (secondary N) is 1. The molecule has 4 nitrogen and oxygen atoms in total. The van der Waals surface area contributed by atoms with E-state index in [-0.39, 0.29) is 0 Å².